The summed E-state index contributed by atoms with van der Waals surface area (Å²) in [6.45, 7) is -18.7. The average molecular weight is 854 g/mol. The van der Waals surface area contributed by atoms with E-state index in [1.807, 2.05) is 154 Å². The van der Waals surface area contributed by atoms with Gasteiger partial charge in [-0.2, -0.15) is 0 Å². The van der Waals surface area contributed by atoms with Gasteiger partial charge in [0.2, 0.25) is 0 Å². The molecule has 0 bridgehead atoms. The molecule has 0 spiro atoms. The predicted molar refractivity (Wildman–Crippen MR) is 269 cm³/mol. The summed E-state index contributed by atoms with van der Waals surface area (Å²) in [6.07, 6.45) is 1.71. The molecule has 0 radical (unpaired) electrons. The molecule has 64 heavy (non-hydrogen) atoms. The van der Waals surface area contributed by atoms with Crippen LogP contribution in [0.4, 0.5) is 0 Å². The van der Waals surface area contributed by atoms with Crippen molar-refractivity contribution >= 4 is 11.0 Å². The number of aromatic hydroxyl groups is 1. The van der Waals surface area contributed by atoms with Gasteiger partial charge in [-0.3, -0.25) is 9.55 Å². The molecule has 318 valence electrons. The lowest BCUT2D eigenvalue weighted by Gasteiger charge is -2.28. The van der Waals surface area contributed by atoms with Crippen molar-refractivity contribution in [2.75, 3.05) is 0 Å². The van der Waals surface area contributed by atoms with Crippen LogP contribution in [-0.2, 0) is 16.2 Å². The van der Waals surface area contributed by atoms with Crippen LogP contribution < -0.4 is 0 Å². The number of hydrogen-bond donors (Lipinski definition) is 1. The third-order valence-corrected chi connectivity index (χ3v) is 11.5. The monoisotopic (exact) mass is 854 g/mol. The minimum absolute atomic E-state index is 0.181. The molecule has 7 aromatic carbocycles. The highest BCUT2D eigenvalue weighted by Crippen LogP contribution is 2.46. The third kappa shape index (κ3) is 8.17. The van der Waals surface area contributed by atoms with Crippen LogP contribution in [0.25, 0.3) is 83.9 Å². The quantitative estimate of drug-likeness (QED) is 0.174. The van der Waals surface area contributed by atoms with Gasteiger partial charge in [0.05, 0.1) is 28.0 Å². The molecular formula is C60H57N3O. The van der Waals surface area contributed by atoms with Crippen LogP contribution in [0.1, 0.15) is 103 Å². The Balaban J connectivity index is 1.49. The van der Waals surface area contributed by atoms with E-state index < -0.39 is 85.6 Å². The molecule has 2 aromatic heterocycles. The Morgan fingerprint density at radius 1 is 0.469 bits per heavy atom. The van der Waals surface area contributed by atoms with Gasteiger partial charge in [0.15, 0.2) is 0 Å². The van der Waals surface area contributed by atoms with Gasteiger partial charge in [0.1, 0.15) is 11.6 Å². The summed E-state index contributed by atoms with van der Waals surface area (Å²) in [5.41, 5.74) is -3.46. The first-order chi connectivity index (χ1) is 38.0. The molecule has 0 aliphatic carbocycles. The lowest BCUT2D eigenvalue weighted by atomic mass is 9.78. The Labute approximate surface area is 404 Å². The molecule has 0 fully saturated rings. The number of aromatic nitrogens is 3. The Bertz CT molecular complexity index is 3760. The number of phenols is 1. The predicted octanol–water partition coefficient (Wildman–Crippen LogP) is 16.0. The zero-order chi connectivity index (χ0) is 60.0. The van der Waals surface area contributed by atoms with Gasteiger partial charge >= 0.3 is 0 Å². The van der Waals surface area contributed by atoms with Gasteiger partial charge < -0.3 is 5.11 Å². The SMILES string of the molecule is [2H]C([2H])([2H])C(c1cc(-c2nc3c(-c4cc(-c5ccccc5)cc(-c5cc(-c6ccccc6)ccn5)c4)cccc3n2-c2ccc(-c3ccccc3)cc2C(C)(C)C)c(O)c(C(C([2H])([2H])[2H])(C([2H])([2H])[2H])C([2H])([2H])[2H])c1)(C([2H])([2H])[2H])C([2H])([2H])[2H]. The Kier molecular flexibility index (Phi) is 6.58. The first-order valence-corrected chi connectivity index (χ1v) is 20.9. The molecule has 1 N–H and O–H groups in total. The molecule has 0 atom stereocenters. The Morgan fingerprint density at radius 2 is 1.06 bits per heavy atom. The van der Waals surface area contributed by atoms with E-state index in [1.165, 1.54) is 0 Å². The van der Waals surface area contributed by atoms with E-state index in [-0.39, 0.29) is 11.0 Å². The number of benzene rings is 7. The molecule has 0 aliphatic rings. The van der Waals surface area contributed by atoms with Crippen molar-refractivity contribution in [1.29, 1.82) is 0 Å². The molecule has 0 amide bonds. The number of phenolic OH excluding ortho intramolecular Hbond substituents is 1. The highest BCUT2D eigenvalue weighted by molar-refractivity contribution is 5.98. The fraction of sp³-hybridized carbons (Fsp3) is 0.200. The fourth-order valence-corrected chi connectivity index (χ4v) is 8.33. The van der Waals surface area contributed by atoms with Crippen molar-refractivity contribution in [3.63, 3.8) is 0 Å². The van der Waals surface area contributed by atoms with E-state index >= 15 is 0 Å². The second-order valence-corrected chi connectivity index (χ2v) is 17.2. The lowest BCUT2D eigenvalue weighted by molar-refractivity contribution is 0.446. The third-order valence-electron chi connectivity index (χ3n) is 11.5. The molecule has 2 heterocycles. The van der Waals surface area contributed by atoms with E-state index in [4.69, 9.17) is 34.6 Å². The summed E-state index contributed by atoms with van der Waals surface area (Å²) in [5.74, 6) is -1.75. The van der Waals surface area contributed by atoms with E-state index in [2.05, 4.69) is 0 Å². The van der Waals surface area contributed by atoms with E-state index in [0.717, 1.165) is 39.4 Å². The van der Waals surface area contributed by atoms with E-state index in [9.17, 15) is 5.11 Å². The van der Waals surface area contributed by atoms with Gasteiger partial charge in [-0.15, -0.1) is 0 Å². The van der Waals surface area contributed by atoms with Gasteiger partial charge in [-0.05, 0) is 121 Å². The van der Waals surface area contributed by atoms with Crippen LogP contribution in [0.2, 0.25) is 0 Å². The maximum Gasteiger partial charge on any atom is 0.149 e. The van der Waals surface area contributed by atoms with Crippen molar-refractivity contribution in [3.8, 4) is 78.6 Å². The minimum Gasteiger partial charge on any atom is -0.507 e. The number of nitrogens with zero attached hydrogens (tertiary/aromatic N) is 3. The molecule has 9 aromatic rings. The highest BCUT2D eigenvalue weighted by Gasteiger charge is 2.30. The summed E-state index contributed by atoms with van der Waals surface area (Å²) < 4.78 is 160. The van der Waals surface area contributed by atoms with Crippen molar-refractivity contribution in [1.82, 2.24) is 14.5 Å². The zero-order valence-corrected chi connectivity index (χ0v) is 35.5. The number of imidazole rings is 1. The van der Waals surface area contributed by atoms with Gasteiger partial charge in [-0.1, -0.05) is 177 Å². The van der Waals surface area contributed by atoms with Crippen LogP contribution in [-0.4, -0.2) is 19.6 Å². The zero-order valence-electron chi connectivity index (χ0n) is 53.5. The van der Waals surface area contributed by atoms with Crippen molar-refractivity contribution in [3.05, 3.63) is 193 Å². The molecule has 0 unspecified atom stereocenters. The first kappa shape index (κ1) is 25.9. The summed E-state index contributed by atoms with van der Waals surface area (Å²) >= 11 is 0. The van der Waals surface area contributed by atoms with E-state index in [0.29, 0.717) is 39.7 Å². The van der Waals surface area contributed by atoms with Gasteiger partial charge in [-0.25, -0.2) is 4.98 Å². The van der Waals surface area contributed by atoms with Crippen LogP contribution in [0.5, 0.6) is 5.75 Å². The molecule has 9 rings (SSSR count). The summed E-state index contributed by atoms with van der Waals surface area (Å²) in [5, 5.41) is 13.1. The number of pyridine rings is 1. The number of hydrogen-bond acceptors (Lipinski definition) is 3. The lowest BCUT2D eigenvalue weighted by Crippen LogP contribution is -2.18. The minimum atomic E-state index is -4.14. The Hall–Kier alpha value is -7.04. The van der Waals surface area contributed by atoms with Crippen LogP contribution >= 0.6 is 0 Å². The molecular weight excluding hydrogens is 779 g/mol. The van der Waals surface area contributed by atoms with E-state index in [1.54, 1.807) is 35.0 Å². The summed E-state index contributed by atoms with van der Waals surface area (Å²) in [6, 6.07) is 50.3. The van der Waals surface area contributed by atoms with Gasteiger partial charge in [0.25, 0.3) is 0 Å². The van der Waals surface area contributed by atoms with Crippen LogP contribution in [0.3, 0.4) is 0 Å². The Morgan fingerprint density at radius 3 is 1.69 bits per heavy atom. The first-order valence-electron chi connectivity index (χ1n) is 29.9. The van der Waals surface area contributed by atoms with Crippen LogP contribution in [0, 0.1) is 0 Å². The van der Waals surface area contributed by atoms with Crippen LogP contribution in [0.15, 0.2) is 176 Å². The topological polar surface area (TPSA) is 50.9 Å². The van der Waals surface area contributed by atoms with Crippen molar-refractivity contribution in [2.24, 2.45) is 0 Å². The van der Waals surface area contributed by atoms with Crippen molar-refractivity contribution in [2.45, 2.75) is 78.1 Å². The number of fused-ring (bicyclic) bond motifs is 1. The molecule has 0 saturated carbocycles. The standard InChI is InChI=1S/C60H57N3O/c1-58(2,3)47-37-49(56(64)51(38-47)60(7,8)9)57-62-55-48(26-19-27-54(55)63(57)53-29-28-42(35-50(53)59(4,5)6)39-20-13-10-14-21-39)45-32-44(41-24-17-12-18-25-41)33-46(34-45)52-36-43(30-31-61-52)40-22-15-11-16-23-40/h10-38,64H,1-9H3/i1D3,2D3,3D3,7D3,8D3,9D3. The van der Waals surface area contributed by atoms with Crippen molar-refractivity contribution < 1.29 is 29.8 Å². The second-order valence-electron chi connectivity index (χ2n) is 17.2. The maximum atomic E-state index is 13.1. The number of para-hydroxylation sites is 1. The summed E-state index contributed by atoms with van der Waals surface area (Å²) in [7, 11) is 0. The highest BCUT2D eigenvalue weighted by atomic mass is 16.3. The smallest absolute Gasteiger partial charge is 0.149 e. The number of rotatable bonds is 7. The molecule has 4 nitrogen and oxygen atoms in total. The molecule has 0 saturated heterocycles. The molecule has 0 aliphatic heterocycles. The van der Waals surface area contributed by atoms with Gasteiger partial charge in [0, 0.05) is 47.6 Å². The second kappa shape index (κ2) is 16.3. The molecule has 4 heteroatoms. The largest absolute Gasteiger partial charge is 0.507 e. The normalized spacial score (nSPS) is 17.5. The summed E-state index contributed by atoms with van der Waals surface area (Å²) in [4.78, 5) is 10.0. The fourth-order valence-electron chi connectivity index (χ4n) is 8.33. The average Bonchev–Trinajstić information content (AvgIpc) is 1.77. The maximum absolute atomic E-state index is 13.1.